The van der Waals surface area contributed by atoms with E-state index < -0.39 is 6.16 Å². The maximum absolute atomic E-state index is 10.4. The number of rotatable bonds is 6. The summed E-state index contributed by atoms with van der Waals surface area (Å²) in [5, 5.41) is 7.92. The van der Waals surface area contributed by atoms with Gasteiger partial charge in [0.1, 0.15) is 0 Å². The summed E-state index contributed by atoms with van der Waals surface area (Å²) in [5.74, 6) is 0.374. The van der Waals surface area contributed by atoms with Crippen LogP contribution in [0, 0.1) is 5.92 Å². The maximum Gasteiger partial charge on any atom is 0.540 e. The van der Waals surface area contributed by atoms with Crippen molar-refractivity contribution in [2.75, 3.05) is 6.61 Å². The lowest BCUT2D eigenvalue weighted by atomic mass is 10.0. The fraction of sp³-hybridized carbons (Fsp3) is 0.889. The third-order valence-corrected chi connectivity index (χ3v) is 2.05. The van der Waals surface area contributed by atoms with Crippen LogP contribution in [0.1, 0.15) is 39.5 Å². The van der Waals surface area contributed by atoms with Crippen molar-refractivity contribution in [3.05, 3.63) is 0 Å². The van der Waals surface area contributed by atoms with E-state index in [2.05, 4.69) is 16.5 Å². The Kier molecular flexibility index (Phi) is 7.39. The summed E-state index contributed by atoms with van der Waals surface area (Å²) in [6, 6.07) is 0. The lowest BCUT2D eigenvalue weighted by Gasteiger charge is -2.12. The molecule has 0 aromatic carbocycles. The maximum atomic E-state index is 10.4. The van der Waals surface area contributed by atoms with Gasteiger partial charge in [0.2, 0.25) is 0 Å². The minimum absolute atomic E-state index is 0.329. The Hall–Kier alpha value is -0.770. The SMILES string of the molecule is CCCCC(CC)COC(=O)OO. The molecule has 1 unspecified atom stereocenters. The van der Waals surface area contributed by atoms with Gasteiger partial charge in [-0.15, -0.1) is 0 Å². The highest BCUT2D eigenvalue weighted by Crippen LogP contribution is 2.12. The monoisotopic (exact) mass is 190 g/mol. The summed E-state index contributed by atoms with van der Waals surface area (Å²) in [5.41, 5.74) is 0. The quantitative estimate of drug-likeness (QED) is 0.397. The second kappa shape index (κ2) is 7.86. The highest BCUT2D eigenvalue weighted by atomic mass is 17.1. The van der Waals surface area contributed by atoms with Gasteiger partial charge in [-0.1, -0.05) is 33.1 Å². The van der Waals surface area contributed by atoms with Crippen LogP contribution in [0.2, 0.25) is 0 Å². The van der Waals surface area contributed by atoms with E-state index in [4.69, 9.17) is 5.26 Å². The molecule has 0 saturated heterocycles. The summed E-state index contributed by atoms with van der Waals surface area (Å²) in [7, 11) is 0. The zero-order chi connectivity index (χ0) is 10.1. The molecule has 4 heteroatoms. The van der Waals surface area contributed by atoms with Crippen LogP contribution >= 0.6 is 0 Å². The third kappa shape index (κ3) is 6.40. The molecule has 1 N–H and O–H groups in total. The topological polar surface area (TPSA) is 55.8 Å². The lowest BCUT2D eigenvalue weighted by molar-refractivity contribution is -0.201. The second-order valence-electron chi connectivity index (χ2n) is 3.07. The van der Waals surface area contributed by atoms with Gasteiger partial charge in [0.05, 0.1) is 6.61 Å². The predicted molar refractivity (Wildman–Crippen MR) is 48.4 cm³/mol. The lowest BCUT2D eigenvalue weighted by Crippen LogP contribution is -2.13. The van der Waals surface area contributed by atoms with E-state index in [9.17, 15) is 4.79 Å². The van der Waals surface area contributed by atoms with Crippen molar-refractivity contribution >= 4 is 6.16 Å². The van der Waals surface area contributed by atoms with E-state index in [1.54, 1.807) is 0 Å². The highest BCUT2D eigenvalue weighted by molar-refractivity contribution is 5.58. The molecule has 0 aromatic heterocycles. The molecule has 0 rings (SSSR count). The standard InChI is InChI=1S/C9H18O4/c1-3-5-6-8(4-2)7-12-9(10)13-11/h8,11H,3-7H2,1-2H3. The molecule has 0 saturated carbocycles. The summed E-state index contributed by atoms with van der Waals surface area (Å²) in [6.45, 7) is 4.50. The molecular weight excluding hydrogens is 172 g/mol. The Morgan fingerprint density at radius 3 is 2.62 bits per heavy atom. The smallest absolute Gasteiger partial charge is 0.432 e. The van der Waals surface area contributed by atoms with Gasteiger partial charge in [-0.05, 0) is 12.3 Å². The van der Waals surface area contributed by atoms with Crippen molar-refractivity contribution in [3.63, 3.8) is 0 Å². The van der Waals surface area contributed by atoms with Gasteiger partial charge < -0.3 is 4.74 Å². The summed E-state index contributed by atoms with van der Waals surface area (Å²) in [6.07, 6.45) is 3.27. The van der Waals surface area contributed by atoms with Crippen LogP contribution in [0.25, 0.3) is 0 Å². The average Bonchev–Trinajstić information content (AvgIpc) is 2.17. The Morgan fingerprint density at radius 2 is 2.15 bits per heavy atom. The molecule has 1 atom stereocenters. The Bertz CT molecular complexity index is 136. The Balaban J connectivity index is 3.52. The zero-order valence-corrected chi connectivity index (χ0v) is 8.28. The first-order valence-electron chi connectivity index (χ1n) is 4.72. The van der Waals surface area contributed by atoms with Crippen LogP contribution in [0.3, 0.4) is 0 Å². The molecule has 13 heavy (non-hydrogen) atoms. The first-order chi connectivity index (χ1) is 6.24. The molecule has 0 aliphatic carbocycles. The van der Waals surface area contributed by atoms with Crippen molar-refractivity contribution in [1.82, 2.24) is 0 Å². The van der Waals surface area contributed by atoms with Gasteiger partial charge in [0, 0.05) is 0 Å². The molecular formula is C9H18O4. The molecule has 0 amide bonds. The molecule has 0 aliphatic rings. The van der Waals surface area contributed by atoms with Gasteiger partial charge in [0.25, 0.3) is 0 Å². The van der Waals surface area contributed by atoms with Crippen LogP contribution in [0.15, 0.2) is 0 Å². The summed E-state index contributed by atoms with van der Waals surface area (Å²) >= 11 is 0. The number of ether oxygens (including phenoxy) is 1. The Labute approximate surface area is 78.8 Å². The van der Waals surface area contributed by atoms with Gasteiger partial charge >= 0.3 is 6.16 Å². The molecule has 78 valence electrons. The minimum Gasteiger partial charge on any atom is -0.432 e. The number of hydrogen-bond acceptors (Lipinski definition) is 4. The normalized spacial score (nSPS) is 12.2. The van der Waals surface area contributed by atoms with Crippen molar-refractivity contribution in [2.45, 2.75) is 39.5 Å². The van der Waals surface area contributed by atoms with Gasteiger partial charge in [0.15, 0.2) is 0 Å². The van der Waals surface area contributed by atoms with E-state index in [0.717, 1.165) is 25.7 Å². The second-order valence-corrected chi connectivity index (χ2v) is 3.07. The van der Waals surface area contributed by atoms with E-state index in [1.807, 2.05) is 6.92 Å². The molecule has 0 bridgehead atoms. The van der Waals surface area contributed by atoms with E-state index in [-0.39, 0.29) is 0 Å². The van der Waals surface area contributed by atoms with Crippen molar-refractivity contribution in [3.8, 4) is 0 Å². The first kappa shape index (κ1) is 12.2. The zero-order valence-electron chi connectivity index (χ0n) is 8.28. The van der Waals surface area contributed by atoms with Gasteiger partial charge in [-0.2, -0.15) is 5.26 Å². The van der Waals surface area contributed by atoms with Crippen LogP contribution in [0.4, 0.5) is 4.79 Å². The van der Waals surface area contributed by atoms with Gasteiger partial charge in [-0.25, -0.2) is 4.79 Å². The number of carbonyl (C=O) groups is 1. The predicted octanol–water partition coefficient (Wildman–Crippen LogP) is 2.83. The number of unbranched alkanes of at least 4 members (excludes halogenated alkanes) is 1. The fourth-order valence-corrected chi connectivity index (χ4v) is 1.11. The fourth-order valence-electron chi connectivity index (χ4n) is 1.11. The molecule has 0 aliphatic heterocycles. The van der Waals surface area contributed by atoms with Crippen molar-refractivity contribution in [2.24, 2.45) is 5.92 Å². The Morgan fingerprint density at radius 1 is 1.46 bits per heavy atom. The molecule has 0 aromatic rings. The number of hydrogen-bond donors (Lipinski definition) is 1. The average molecular weight is 190 g/mol. The largest absolute Gasteiger partial charge is 0.540 e. The van der Waals surface area contributed by atoms with E-state index >= 15 is 0 Å². The highest BCUT2D eigenvalue weighted by Gasteiger charge is 2.10. The molecule has 0 radical (unpaired) electrons. The van der Waals surface area contributed by atoms with E-state index in [1.165, 1.54) is 0 Å². The van der Waals surface area contributed by atoms with Crippen LogP contribution in [0.5, 0.6) is 0 Å². The molecule has 0 spiro atoms. The van der Waals surface area contributed by atoms with E-state index in [0.29, 0.717) is 12.5 Å². The van der Waals surface area contributed by atoms with Gasteiger partial charge in [-0.3, -0.25) is 4.89 Å². The van der Waals surface area contributed by atoms with Crippen LogP contribution in [-0.4, -0.2) is 18.0 Å². The van der Waals surface area contributed by atoms with Crippen molar-refractivity contribution < 1.29 is 19.7 Å². The summed E-state index contributed by atoms with van der Waals surface area (Å²) in [4.78, 5) is 13.8. The molecule has 0 fully saturated rings. The first-order valence-corrected chi connectivity index (χ1v) is 4.72. The molecule has 0 heterocycles. The van der Waals surface area contributed by atoms with Crippen LogP contribution in [-0.2, 0) is 9.62 Å². The minimum atomic E-state index is -1.02. The van der Waals surface area contributed by atoms with Crippen LogP contribution < -0.4 is 0 Å². The summed E-state index contributed by atoms with van der Waals surface area (Å²) < 4.78 is 4.63. The van der Waals surface area contributed by atoms with Crippen molar-refractivity contribution in [1.29, 1.82) is 0 Å². The third-order valence-electron chi connectivity index (χ3n) is 2.05. The molecule has 4 nitrogen and oxygen atoms in total. The number of carbonyl (C=O) groups excluding carboxylic acids is 1.